The highest BCUT2D eigenvalue weighted by atomic mass is 32.1. The van der Waals surface area contributed by atoms with Crippen molar-refractivity contribution in [1.29, 1.82) is 0 Å². The number of anilines is 3. The van der Waals surface area contributed by atoms with E-state index >= 15 is 0 Å². The number of thiophene rings is 1. The minimum atomic E-state index is -0.402. The Labute approximate surface area is 299 Å². The van der Waals surface area contributed by atoms with Crippen molar-refractivity contribution >= 4 is 81.3 Å². The van der Waals surface area contributed by atoms with E-state index in [9.17, 15) is 11.0 Å². The largest absolute Gasteiger partial charge is 0.455 e. The molecule has 0 radical (unpaired) electrons. The van der Waals surface area contributed by atoms with Gasteiger partial charge in [0.15, 0.2) is 0 Å². The Balaban J connectivity index is 1.29. The number of hydrogen-bond acceptors (Lipinski definition) is 3. The molecular weight excluding hydrogens is 615 g/mol. The van der Waals surface area contributed by atoms with Crippen LogP contribution in [0, 0.1) is 0 Å². The van der Waals surface area contributed by atoms with Crippen molar-refractivity contribution in [1.82, 2.24) is 0 Å². The molecule has 230 valence electrons. The third kappa shape index (κ3) is 4.62. The second-order valence-corrected chi connectivity index (χ2v) is 13.0. The first kappa shape index (κ1) is 20.9. The summed E-state index contributed by atoms with van der Waals surface area (Å²) >= 11 is 1.64. The van der Waals surface area contributed by atoms with Gasteiger partial charge in [-0.15, -0.1) is 11.3 Å². The average Bonchev–Trinajstić information content (AvgIpc) is 3.81. The molecule has 8 aromatic carbocycles. The Bertz CT molecular complexity index is 3240. The summed E-state index contributed by atoms with van der Waals surface area (Å²) < 4.78 is 84.2. The number of nitrogens with zero attached hydrogens (tertiary/aromatic N) is 1. The molecule has 3 heteroatoms. The first-order chi connectivity index (χ1) is 27.6. The van der Waals surface area contributed by atoms with Crippen molar-refractivity contribution < 1.29 is 15.4 Å². The molecule has 0 fully saturated rings. The molecule has 10 rings (SSSR count). The van der Waals surface area contributed by atoms with Crippen molar-refractivity contribution in [2.24, 2.45) is 0 Å². The quantitative estimate of drug-likeness (QED) is 0.184. The second kappa shape index (κ2) is 11.2. The lowest BCUT2D eigenvalue weighted by molar-refractivity contribution is 0.672. The lowest BCUT2D eigenvalue weighted by Crippen LogP contribution is -2.10. The summed E-state index contributed by atoms with van der Waals surface area (Å²) in [7, 11) is 0. The fourth-order valence-corrected chi connectivity index (χ4v) is 7.77. The maximum absolute atomic E-state index is 9.61. The molecule has 0 aliphatic rings. The molecule has 0 unspecified atom stereocenters. The number of furan rings is 1. The molecule has 2 heterocycles. The summed E-state index contributed by atoms with van der Waals surface area (Å²) in [6.45, 7) is 0. The molecular formula is C46H29NOS. The number of fused-ring (bicyclic) bond motifs is 8. The van der Waals surface area contributed by atoms with E-state index in [4.69, 9.17) is 4.42 Å². The van der Waals surface area contributed by atoms with Crippen LogP contribution < -0.4 is 4.90 Å². The van der Waals surface area contributed by atoms with Crippen LogP contribution in [0.1, 0.15) is 11.0 Å². The molecule has 0 bridgehead atoms. The fourth-order valence-electron chi connectivity index (χ4n) is 6.68. The number of benzene rings is 8. The van der Waals surface area contributed by atoms with Crippen LogP contribution in [0.2, 0.25) is 0 Å². The maximum Gasteiger partial charge on any atom is 0.143 e. The minimum Gasteiger partial charge on any atom is -0.455 e. The molecule has 0 atom stereocenters. The molecule has 0 N–H and O–H groups in total. The van der Waals surface area contributed by atoms with Crippen LogP contribution in [0.3, 0.4) is 0 Å². The predicted octanol–water partition coefficient (Wildman–Crippen LogP) is 13.9. The summed E-state index contributed by atoms with van der Waals surface area (Å²) in [5.74, 6) is 0. The molecule has 49 heavy (non-hydrogen) atoms. The Morgan fingerprint density at radius 3 is 1.94 bits per heavy atom. The van der Waals surface area contributed by atoms with Crippen LogP contribution in [0.5, 0.6) is 0 Å². The monoisotopic (exact) mass is 651 g/mol. The van der Waals surface area contributed by atoms with Gasteiger partial charge in [-0.2, -0.15) is 0 Å². The Kier molecular flexibility index (Phi) is 4.80. The third-order valence-corrected chi connectivity index (χ3v) is 10.2. The van der Waals surface area contributed by atoms with Gasteiger partial charge in [-0.1, -0.05) is 115 Å². The molecule has 2 aromatic heterocycles. The van der Waals surface area contributed by atoms with E-state index in [2.05, 4.69) is 0 Å². The summed E-state index contributed by atoms with van der Waals surface area (Å²) in [5, 5.41) is 5.06. The van der Waals surface area contributed by atoms with Crippen LogP contribution in [-0.4, -0.2) is 0 Å². The standard InChI is InChI=1S/C46H29NOS/c1-2-9-30(10-3-1)31-17-23-35(24-18-31)47(41-14-8-15-42-45(41)39-27-21-33-11-4-5-12-37(33)46(39)48-42)36-25-19-32(20-26-36)34-22-28-44-40(29-34)38-13-6-7-16-43(38)49-44/h1-29H/i17D,18D,19D,20D,23D,24D,25D,26D. The summed E-state index contributed by atoms with van der Waals surface area (Å²) in [4.78, 5) is 1.36. The predicted molar refractivity (Wildman–Crippen MR) is 210 cm³/mol. The molecule has 0 spiro atoms. The van der Waals surface area contributed by atoms with E-state index in [0.29, 0.717) is 38.8 Å². The first-order valence-corrected chi connectivity index (χ1v) is 16.8. The van der Waals surface area contributed by atoms with Crippen molar-refractivity contribution in [2.45, 2.75) is 0 Å². The van der Waals surface area contributed by atoms with Crippen molar-refractivity contribution in [2.75, 3.05) is 4.90 Å². The van der Waals surface area contributed by atoms with Crippen molar-refractivity contribution in [3.05, 3.63) is 176 Å². The second-order valence-electron chi connectivity index (χ2n) is 11.9. The van der Waals surface area contributed by atoms with Gasteiger partial charge in [0.1, 0.15) is 11.2 Å². The Morgan fingerprint density at radius 2 is 1.14 bits per heavy atom. The van der Waals surface area contributed by atoms with Crippen molar-refractivity contribution in [3.63, 3.8) is 0 Å². The Hall–Kier alpha value is -6.16. The smallest absolute Gasteiger partial charge is 0.143 e. The zero-order valence-electron chi connectivity index (χ0n) is 33.9. The van der Waals surface area contributed by atoms with E-state index in [1.165, 1.54) is 4.90 Å². The summed E-state index contributed by atoms with van der Waals surface area (Å²) in [6, 6.07) is 36.6. The number of rotatable bonds is 5. The van der Waals surface area contributed by atoms with Gasteiger partial charge < -0.3 is 9.32 Å². The highest BCUT2D eigenvalue weighted by Crippen LogP contribution is 2.45. The lowest BCUT2D eigenvalue weighted by Gasteiger charge is -2.26. The van der Waals surface area contributed by atoms with E-state index in [1.54, 1.807) is 53.8 Å². The van der Waals surface area contributed by atoms with Crippen LogP contribution in [0.25, 0.3) is 75.1 Å². The molecule has 0 amide bonds. The van der Waals surface area contributed by atoms with E-state index in [-0.39, 0.29) is 46.7 Å². The molecule has 10 aromatic rings. The molecule has 0 saturated heterocycles. The van der Waals surface area contributed by atoms with Gasteiger partial charge in [0.2, 0.25) is 0 Å². The molecule has 0 aliphatic heterocycles. The lowest BCUT2D eigenvalue weighted by atomic mass is 10.0. The van der Waals surface area contributed by atoms with E-state index < -0.39 is 24.2 Å². The highest BCUT2D eigenvalue weighted by Gasteiger charge is 2.20. The summed E-state index contributed by atoms with van der Waals surface area (Å²) in [6.07, 6.45) is 0. The highest BCUT2D eigenvalue weighted by molar-refractivity contribution is 7.25. The van der Waals surface area contributed by atoms with Gasteiger partial charge in [0.05, 0.1) is 22.0 Å². The van der Waals surface area contributed by atoms with Gasteiger partial charge in [0.25, 0.3) is 0 Å². The summed E-state index contributed by atoms with van der Waals surface area (Å²) in [5.41, 5.74) is 2.19. The van der Waals surface area contributed by atoms with E-state index in [0.717, 1.165) is 30.9 Å². The van der Waals surface area contributed by atoms with Gasteiger partial charge in [-0.3, -0.25) is 0 Å². The van der Waals surface area contributed by atoms with Crippen LogP contribution >= 0.6 is 11.3 Å². The van der Waals surface area contributed by atoms with Gasteiger partial charge in [-0.05, 0) is 88.2 Å². The zero-order chi connectivity index (χ0) is 39.3. The van der Waals surface area contributed by atoms with Gasteiger partial charge in [0, 0.05) is 42.3 Å². The fraction of sp³-hybridized carbons (Fsp3) is 0. The van der Waals surface area contributed by atoms with Crippen molar-refractivity contribution in [3.8, 4) is 22.3 Å². The minimum absolute atomic E-state index is 0.110. The molecule has 0 saturated carbocycles. The van der Waals surface area contributed by atoms with Crippen LogP contribution in [0.4, 0.5) is 17.1 Å². The SMILES string of the molecule is [2H]c1c([2H])c(N(c2c([2H])c([2H])c(-c3ccc4sc5ccccc5c4c3)c([2H])c2[2H])c2cccc3oc4c5ccccc5ccc4c23)c([2H])c([2H])c1-c1ccccc1. The molecule has 2 nitrogen and oxygen atoms in total. The maximum atomic E-state index is 9.61. The van der Waals surface area contributed by atoms with Crippen LogP contribution in [0.15, 0.2) is 180 Å². The average molecular weight is 652 g/mol. The van der Waals surface area contributed by atoms with E-state index in [1.807, 2.05) is 84.9 Å². The third-order valence-electron chi connectivity index (χ3n) is 9.00. The zero-order valence-corrected chi connectivity index (χ0v) is 26.7. The van der Waals surface area contributed by atoms with Gasteiger partial charge in [-0.25, -0.2) is 0 Å². The van der Waals surface area contributed by atoms with Crippen LogP contribution in [-0.2, 0) is 0 Å². The molecule has 0 aliphatic carbocycles. The number of hydrogen-bond donors (Lipinski definition) is 0. The van der Waals surface area contributed by atoms with Gasteiger partial charge >= 0.3 is 0 Å². The topological polar surface area (TPSA) is 16.4 Å². The first-order valence-electron chi connectivity index (χ1n) is 19.9. The normalized spacial score (nSPS) is 14.0. The Morgan fingerprint density at radius 1 is 0.469 bits per heavy atom.